The van der Waals surface area contributed by atoms with Crippen molar-refractivity contribution >= 4 is 21.5 Å². The summed E-state index contributed by atoms with van der Waals surface area (Å²) >= 11 is 0. The van der Waals surface area contributed by atoms with E-state index in [1.54, 1.807) is 52.4 Å². The molecule has 5 N–H and O–H groups in total. The van der Waals surface area contributed by atoms with E-state index >= 15 is 0 Å². The zero-order valence-corrected chi connectivity index (χ0v) is 45.3. The molecule has 3 aliphatic heterocycles. The number of non-ortho nitro benzene ring substituents is 1. The molecule has 0 spiro atoms. The molecule has 0 radical (unpaired) electrons. The second-order valence-corrected chi connectivity index (χ2v) is 24.0. The normalized spacial score (nSPS) is 39.3. The van der Waals surface area contributed by atoms with Crippen LogP contribution in [0.1, 0.15) is 107 Å². The number of nitrogens with zero attached hydrogens (tertiary/aromatic N) is 6. The lowest BCUT2D eigenvalue weighted by atomic mass is 9.68. The number of sulfone groups is 1. The number of aryl methyl sites for hydroxylation is 1. The van der Waals surface area contributed by atoms with E-state index in [0.717, 1.165) is 12.1 Å². The minimum absolute atomic E-state index is 0.00189. The van der Waals surface area contributed by atoms with Crippen LogP contribution < -0.4 is 0 Å². The number of cyclic esters (lactones) is 1. The van der Waals surface area contributed by atoms with Crippen LogP contribution in [0.4, 0.5) is 5.69 Å². The molecule has 3 saturated heterocycles. The number of ether oxygens (including phenoxy) is 5. The summed E-state index contributed by atoms with van der Waals surface area (Å²) in [4.78, 5) is 28.9. The highest BCUT2D eigenvalue weighted by molar-refractivity contribution is 7.91. The standard InChI is InChI=1S/C50H84N6O15S/c1-14-40-50(10,62)43(58)33(6)54(12)27-29(2)25-48(8,61)45(31(4)41(32(5)46(60)70-40)39-26-49(9,67-13)44(59)34(7)69-39)71-47-42(57)38(24-30(3)68-47)53(11)22-20-35-28-55(52-51-35)21-15-23-72(65,66)37-18-16-36(17-19-37)56(63)64/h16-19,28-34,38-45,47,57-59,61-62H,14-15,20-27H2,1-13H3/t29-,30-,31+,32-,33-,34+,38+,39?,40-,41+,42-,43-,44+,45-,47+,48-,49-,50-/m1/s1. The number of aliphatic hydroxyl groups excluding tert-OH is 3. The third-order valence-electron chi connectivity index (χ3n) is 16.0. The summed E-state index contributed by atoms with van der Waals surface area (Å²) in [6, 6.07) is 3.73. The van der Waals surface area contributed by atoms with Gasteiger partial charge in [-0.2, -0.15) is 0 Å². The third-order valence-corrected chi connectivity index (χ3v) is 17.8. The first-order chi connectivity index (χ1) is 33.5. The molecule has 4 heterocycles. The van der Waals surface area contributed by atoms with Gasteiger partial charge in [-0.15, -0.1) is 5.10 Å². The van der Waals surface area contributed by atoms with E-state index in [0.29, 0.717) is 31.6 Å². The van der Waals surface area contributed by atoms with Gasteiger partial charge in [-0.1, -0.05) is 32.9 Å². The van der Waals surface area contributed by atoms with Crippen molar-refractivity contribution in [1.29, 1.82) is 0 Å². The fourth-order valence-corrected chi connectivity index (χ4v) is 12.8. The number of hydrogen-bond donors (Lipinski definition) is 5. The Hall–Kier alpha value is -3.26. The van der Waals surface area contributed by atoms with E-state index in [-0.39, 0.29) is 54.5 Å². The van der Waals surface area contributed by atoms with Crippen molar-refractivity contribution in [2.24, 2.45) is 23.7 Å². The van der Waals surface area contributed by atoms with Gasteiger partial charge in [-0.05, 0) is 105 Å². The van der Waals surface area contributed by atoms with Crippen LogP contribution >= 0.6 is 0 Å². The smallest absolute Gasteiger partial charge is 0.309 e. The summed E-state index contributed by atoms with van der Waals surface area (Å²) < 4.78 is 59.4. The van der Waals surface area contributed by atoms with Crippen LogP contribution in [0.2, 0.25) is 0 Å². The molecule has 0 amide bonds. The molecule has 21 nitrogen and oxygen atoms in total. The van der Waals surface area contributed by atoms with Gasteiger partial charge in [0.25, 0.3) is 5.69 Å². The molecule has 18 atom stereocenters. The Morgan fingerprint density at radius 2 is 1.65 bits per heavy atom. The highest BCUT2D eigenvalue weighted by Crippen LogP contribution is 2.45. The number of nitro groups is 1. The number of esters is 1. The van der Waals surface area contributed by atoms with Crippen LogP contribution in [0.5, 0.6) is 0 Å². The molecule has 1 aromatic carbocycles. The highest BCUT2D eigenvalue weighted by Gasteiger charge is 2.55. The first-order valence-corrected chi connectivity index (χ1v) is 27.1. The molecule has 22 heteroatoms. The molecule has 1 aromatic heterocycles. The van der Waals surface area contributed by atoms with E-state index < -0.39 is 122 Å². The molecule has 5 rings (SSSR count). The van der Waals surface area contributed by atoms with Crippen molar-refractivity contribution < 1.29 is 67.4 Å². The van der Waals surface area contributed by atoms with Crippen LogP contribution in [0.25, 0.3) is 0 Å². The molecule has 3 aliphatic rings. The third kappa shape index (κ3) is 13.8. The summed E-state index contributed by atoms with van der Waals surface area (Å²) in [7, 11) is 1.53. The number of likely N-dealkylation sites (N-methyl/N-ethyl adjacent to an activating group) is 2. The number of benzene rings is 1. The minimum atomic E-state index is -3.69. The van der Waals surface area contributed by atoms with Crippen LogP contribution in [0.3, 0.4) is 0 Å². The van der Waals surface area contributed by atoms with Gasteiger partial charge in [0.1, 0.15) is 30.0 Å². The predicted octanol–water partition coefficient (Wildman–Crippen LogP) is 3.15. The van der Waals surface area contributed by atoms with Crippen molar-refractivity contribution in [3.8, 4) is 0 Å². The Bertz CT molecular complexity index is 2200. The van der Waals surface area contributed by atoms with Gasteiger partial charge in [-0.25, -0.2) is 8.42 Å². The summed E-state index contributed by atoms with van der Waals surface area (Å²) in [6.07, 6.45) is -5.42. The van der Waals surface area contributed by atoms with Crippen LogP contribution in [0, 0.1) is 33.8 Å². The van der Waals surface area contributed by atoms with Gasteiger partial charge in [0.05, 0.1) is 62.8 Å². The number of carbonyl (C=O) groups is 1. The van der Waals surface area contributed by atoms with Crippen LogP contribution in [-0.4, -0.2) is 194 Å². The lowest BCUT2D eigenvalue weighted by Gasteiger charge is -2.51. The number of aromatic nitrogens is 3. The van der Waals surface area contributed by atoms with Gasteiger partial charge in [0, 0.05) is 75.9 Å². The van der Waals surface area contributed by atoms with Crippen molar-refractivity contribution in [2.45, 2.75) is 203 Å². The number of methoxy groups -OCH3 is 1. The number of nitro benzene ring substituents is 1. The van der Waals surface area contributed by atoms with Crippen molar-refractivity contribution in [1.82, 2.24) is 24.8 Å². The Labute approximate surface area is 425 Å². The fourth-order valence-electron chi connectivity index (χ4n) is 11.5. The molecular weight excluding hydrogens is 957 g/mol. The van der Waals surface area contributed by atoms with E-state index in [1.807, 2.05) is 44.7 Å². The zero-order chi connectivity index (χ0) is 53.8. The van der Waals surface area contributed by atoms with E-state index in [2.05, 4.69) is 10.3 Å². The molecule has 3 fully saturated rings. The largest absolute Gasteiger partial charge is 0.459 e. The van der Waals surface area contributed by atoms with Crippen LogP contribution in [-0.2, 0) is 51.3 Å². The number of carbonyl (C=O) groups excluding carboxylic acids is 1. The summed E-state index contributed by atoms with van der Waals surface area (Å²) in [6.45, 7) is 18.8. The topological polar surface area (TPSA) is 279 Å². The van der Waals surface area contributed by atoms with Crippen molar-refractivity contribution in [2.75, 3.05) is 40.0 Å². The van der Waals surface area contributed by atoms with Gasteiger partial charge in [0.2, 0.25) is 0 Å². The van der Waals surface area contributed by atoms with E-state index in [9.17, 15) is 48.9 Å². The van der Waals surface area contributed by atoms with Gasteiger partial charge in [0.15, 0.2) is 16.1 Å². The molecule has 0 aliphatic carbocycles. The van der Waals surface area contributed by atoms with Crippen LogP contribution in [0.15, 0.2) is 35.4 Å². The van der Waals surface area contributed by atoms with Gasteiger partial charge < -0.3 is 59.0 Å². The summed E-state index contributed by atoms with van der Waals surface area (Å²) in [5.74, 6) is -3.49. The second kappa shape index (κ2) is 24.2. The average Bonchev–Trinajstić information content (AvgIpc) is 3.77. The lowest BCUT2D eigenvalue weighted by Crippen LogP contribution is -2.62. The Morgan fingerprint density at radius 1 is 1.00 bits per heavy atom. The van der Waals surface area contributed by atoms with Crippen molar-refractivity contribution in [3.63, 3.8) is 0 Å². The minimum Gasteiger partial charge on any atom is -0.459 e. The first kappa shape index (κ1) is 59.6. The van der Waals surface area contributed by atoms with Gasteiger partial charge >= 0.3 is 5.97 Å². The van der Waals surface area contributed by atoms with E-state index in [1.165, 1.54) is 26.2 Å². The predicted molar refractivity (Wildman–Crippen MR) is 265 cm³/mol. The Balaban J connectivity index is 1.39. The molecule has 2 aromatic rings. The molecule has 1 unspecified atom stereocenters. The fraction of sp³-hybridized carbons (Fsp3) is 0.820. The molecule has 0 bridgehead atoms. The molecule has 410 valence electrons. The number of hydrogen-bond acceptors (Lipinski definition) is 19. The Kier molecular flexibility index (Phi) is 20.0. The molecule has 72 heavy (non-hydrogen) atoms. The van der Waals surface area contributed by atoms with Gasteiger partial charge in [-0.3, -0.25) is 19.6 Å². The first-order valence-electron chi connectivity index (χ1n) is 25.4. The Morgan fingerprint density at radius 3 is 2.26 bits per heavy atom. The SMILES string of the molecule is CC[C@H]1OC(=O)[C@H](C)[C@@H](C2C[C@@](C)(OC)[C@@H](O)[C@H](C)O2)[C@H](C)[C@@H](O[C@@H]2O[C@H](C)C[C@H](N(C)CCc3cn(CCCS(=O)(=O)c4ccc([N+](=O)[O-])cc4)nn3)[C@H]2O)[C@](C)(O)C[C@@H](C)CN(C)[C@H](C)[C@@H](O)[C@]1(C)O. The highest BCUT2D eigenvalue weighted by atomic mass is 32.2. The molecule has 0 saturated carbocycles. The number of aliphatic hydroxyl groups is 5. The maximum absolute atomic E-state index is 14.6. The molecular formula is C50H84N6O15S. The van der Waals surface area contributed by atoms with E-state index in [4.69, 9.17) is 23.7 Å². The average molecular weight is 1040 g/mol. The quantitative estimate of drug-likeness (QED) is 0.0973. The summed E-state index contributed by atoms with van der Waals surface area (Å²) in [5.41, 5.74) is -4.09. The second-order valence-electron chi connectivity index (χ2n) is 21.9. The number of rotatable bonds is 15. The maximum Gasteiger partial charge on any atom is 0.309 e. The maximum atomic E-state index is 14.6. The zero-order valence-electron chi connectivity index (χ0n) is 44.5. The summed E-state index contributed by atoms with van der Waals surface area (Å²) in [5, 5.41) is 79.5. The lowest BCUT2D eigenvalue weighted by molar-refractivity contribution is -0.384. The monoisotopic (exact) mass is 1040 g/mol. The van der Waals surface area contributed by atoms with Crippen molar-refractivity contribution in [3.05, 3.63) is 46.3 Å².